The molecule has 154 valence electrons. The van der Waals surface area contributed by atoms with Crippen molar-refractivity contribution in [1.82, 2.24) is 5.32 Å². The number of benzene rings is 2. The molecule has 2 aromatic rings. The second-order valence-electron chi connectivity index (χ2n) is 6.48. The van der Waals surface area contributed by atoms with Crippen LogP contribution in [0, 0.1) is 0 Å². The first-order valence-corrected chi connectivity index (χ1v) is 9.07. The van der Waals surface area contributed by atoms with Gasteiger partial charge in [0.2, 0.25) is 0 Å². The Morgan fingerprint density at radius 2 is 1.39 bits per heavy atom. The van der Waals surface area contributed by atoms with Gasteiger partial charge in [0.1, 0.15) is 0 Å². The van der Waals surface area contributed by atoms with E-state index in [1.165, 1.54) is 0 Å². The topological polar surface area (TPSA) is 12.0 Å². The van der Waals surface area contributed by atoms with Gasteiger partial charge in [-0.15, -0.1) is 0 Å². The molecule has 2 aromatic carbocycles. The number of rotatable bonds is 6. The fraction of sp³-hybridized carbons (Fsp3) is 0.368. The minimum atomic E-state index is -4.85. The van der Waals surface area contributed by atoms with Crippen LogP contribution in [0.3, 0.4) is 0 Å². The van der Waals surface area contributed by atoms with Crippen molar-refractivity contribution in [3.05, 3.63) is 68.7 Å². The molecule has 0 fully saturated rings. The van der Waals surface area contributed by atoms with Crippen molar-refractivity contribution in [3.8, 4) is 0 Å². The number of aryl methyl sites for hydroxylation is 1. The van der Waals surface area contributed by atoms with Gasteiger partial charge in [-0.3, -0.25) is 0 Å². The van der Waals surface area contributed by atoms with Gasteiger partial charge in [0.15, 0.2) is 0 Å². The molecule has 0 saturated carbocycles. The fourth-order valence-corrected chi connectivity index (χ4v) is 2.91. The third-order valence-electron chi connectivity index (χ3n) is 4.15. The number of alkyl halides is 6. The molecule has 0 radical (unpaired) electrons. The van der Waals surface area contributed by atoms with E-state index in [0.717, 1.165) is 17.7 Å². The summed E-state index contributed by atoms with van der Waals surface area (Å²) >= 11 is 11.8. The highest BCUT2D eigenvalue weighted by molar-refractivity contribution is 6.42. The van der Waals surface area contributed by atoms with E-state index in [0.29, 0.717) is 22.9 Å². The third-order valence-corrected chi connectivity index (χ3v) is 4.89. The number of hydrogen-bond acceptors (Lipinski definition) is 1. The molecule has 0 amide bonds. The van der Waals surface area contributed by atoms with Crippen LogP contribution in [0.25, 0.3) is 0 Å². The maximum absolute atomic E-state index is 12.9. The van der Waals surface area contributed by atoms with E-state index < -0.39 is 23.5 Å². The lowest BCUT2D eigenvalue weighted by Gasteiger charge is -2.17. The van der Waals surface area contributed by atoms with Crippen molar-refractivity contribution in [3.63, 3.8) is 0 Å². The summed E-state index contributed by atoms with van der Waals surface area (Å²) in [6.07, 6.45) is -8.46. The van der Waals surface area contributed by atoms with Gasteiger partial charge in [0, 0.05) is 12.6 Å². The van der Waals surface area contributed by atoms with Gasteiger partial charge in [0.25, 0.3) is 0 Å². The monoisotopic (exact) mass is 443 g/mol. The van der Waals surface area contributed by atoms with Crippen LogP contribution >= 0.6 is 23.2 Å². The highest BCUT2D eigenvalue weighted by Crippen LogP contribution is 2.36. The van der Waals surface area contributed by atoms with Crippen LogP contribution in [-0.4, -0.2) is 6.04 Å². The quantitative estimate of drug-likeness (QED) is 0.467. The molecule has 0 aromatic heterocycles. The summed E-state index contributed by atoms with van der Waals surface area (Å²) in [6, 6.07) is 6.64. The Balaban J connectivity index is 2.03. The van der Waals surface area contributed by atoms with Crippen LogP contribution in [0.5, 0.6) is 0 Å². The highest BCUT2D eigenvalue weighted by atomic mass is 35.5. The molecule has 0 aliphatic rings. The number of nitrogens with one attached hydrogen (secondary N) is 1. The van der Waals surface area contributed by atoms with Gasteiger partial charge in [-0.05, 0) is 61.2 Å². The maximum atomic E-state index is 12.9. The van der Waals surface area contributed by atoms with Gasteiger partial charge >= 0.3 is 12.4 Å². The largest absolute Gasteiger partial charge is 0.416 e. The molecule has 0 aliphatic heterocycles. The van der Waals surface area contributed by atoms with Crippen LogP contribution in [0.2, 0.25) is 10.0 Å². The predicted molar refractivity (Wildman–Crippen MR) is 97.5 cm³/mol. The van der Waals surface area contributed by atoms with Crippen molar-refractivity contribution in [1.29, 1.82) is 0 Å². The maximum Gasteiger partial charge on any atom is 0.416 e. The standard InChI is InChI=1S/C19H17Cl2F6N/c1-11(2-3-12-4-5-16(20)17(21)8-12)28-10-13-6-14(18(22,23)24)9-15(7-13)19(25,26)27/h4-9,11,28H,2-3,10H2,1H3/t11-/m1/s1. The molecule has 0 saturated heterocycles. The van der Waals surface area contributed by atoms with Gasteiger partial charge < -0.3 is 5.32 Å². The molecule has 0 heterocycles. The van der Waals surface area contributed by atoms with Crippen molar-refractivity contribution in [2.45, 2.75) is 44.7 Å². The Morgan fingerprint density at radius 1 is 0.821 bits per heavy atom. The minimum Gasteiger partial charge on any atom is -0.310 e. The van der Waals surface area contributed by atoms with Gasteiger partial charge in [0.05, 0.1) is 21.2 Å². The molecule has 1 N–H and O–H groups in total. The average molecular weight is 444 g/mol. The van der Waals surface area contributed by atoms with Crippen molar-refractivity contribution < 1.29 is 26.3 Å². The number of halogens is 8. The van der Waals surface area contributed by atoms with Gasteiger partial charge in [-0.2, -0.15) is 26.3 Å². The Kier molecular flexibility index (Phi) is 7.28. The Morgan fingerprint density at radius 3 is 1.89 bits per heavy atom. The zero-order chi connectivity index (χ0) is 21.1. The molecular weight excluding hydrogens is 427 g/mol. The summed E-state index contributed by atoms with van der Waals surface area (Å²) in [4.78, 5) is 0. The highest BCUT2D eigenvalue weighted by Gasteiger charge is 2.36. The van der Waals surface area contributed by atoms with Crippen LogP contribution in [0.4, 0.5) is 26.3 Å². The Bertz CT molecular complexity index is 785. The lowest BCUT2D eigenvalue weighted by Crippen LogP contribution is -2.26. The normalized spacial score (nSPS) is 13.6. The van der Waals surface area contributed by atoms with Crippen LogP contribution < -0.4 is 5.32 Å². The van der Waals surface area contributed by atoms with E-state index in [2.05, 4.69) is 5.32 Å². The molecule has 1 atom stereocenters. The van der Waals surface area contributed by atoms with E-state index in [1.807, 2.05) is 6.07 Å². The first-order chi connectivity index (χ1) is 12.9. The zero-order valence-electron chi connectivity index (χ0n) is 14.7. The summed E-state index contributed by atoms with van der Waals surface area (Å²) in [5.41, 5.74) is -1.78. The van der Waals surface area contributed by atoms with E-state index in [1.54, 1.807) is 19.1 Å². The van der Waals surface area contributed by atoms with Gasteiger partial charge in [-0.1, -0.05) is 29.3 Å². The van der Waals surface area contributed by atoms with Crippen molar-refractivity contribution in [2.24, 2.45) is 0 Å². The third kappa shape index (κ3) is 6.57. The summed E-state index contributed by atoms with van der Waals surface area (Å²) < 4.78 is 77.4. The number of hydrogen-bond donors (Lipinski definition) is 1. The van der Waals surface area contributed by atoms with Crippen molar-refractivity contribution in [2.75, 3.05) is 0 Å². The minimum absolute atomic E-state index is 0.0801. The second-order valence-corrected chi connectivity index (χ2v) is 7.30. The van der Waals surface area contributed by atoms with Crippen molar-refractivity contribution >= 4 is 23.2 Å². The first-order valence-electron chi connectivity index (χ1n) is 8.32. The SMILES string of the molecule is C[C@H](CCc1ccc(Cl)c(Cl)c1)NCc1cc(C(F)(F)F)cc(C(F)(F)F)c1. The summed E-state index contributed by atoms with van der Waals surface area (Å²) in [5.74, 6) is 0. The molecule has 0 spiro atoms. The van der Waals surface area contributed by atoms with Crippen LogP contribution in [-0.2, 0) is 25.3 Å². The molecule has 1 nitrogen and oxygen atoms in total. The molecule has 0 aliphatic carbocycles. The molecule has 9 heteroatoms. The Hall–Kier alpha value is -1.44. The van der Waals surface area contributed by atoms with E-state index in [9.17, 15) is 26.3 Å². The summed E-state index contributed by atoms with van der Waals surface area (Å²) in [6.45, 7) is 1.69. The molecular formula is C19H17Cl2F6N. The molecule has 0 unspecified atom stereocenters. The summed E-state index contributed by atoms with van der Waals surface area (Å²) in [7, 11) is 0. The average Bonchev–Trinajstić information content (AvgIpc) is 2.59. The van der Waals surface area contributed by atoms with Crippen LogP contribution in [0.15, 0.2) is 36.4 Å². The Labute approximate surface area is 168 Å². The lowest BCUT2D eigenvalue weighted by molar-refractivity contribution is -0.143. The molecule has 2 rings (SSSR count). The zero-order valence-corrected chi connectivity index (χ0v) is 16.2. The smallest absolute Gasteiger partial charge is 0.310 e. The van der Waals surface area contributed by atoms with E-state index >= 15 is 0 Å². The fourth-order valence-electron chi connectivity index (χ4n) is 2.59. The van der Waals surface area contributed by atoms with E-state index in [-0.39, 0.29) is 24.2 Å². The first kappa shape index (κ1) is 22.8. The lowest BCUT2D eigenvalue weighted by atomic mass is 10.0. The van der Waals surface area contributed by atoms with E-state index in [4.69, 9.17) is 23.2 Å². The van der Waals surface area contributed by atoms with Gasteiger partial charge in [-0.25, -0.2) is 0 Å². The second kappa shape index (κ2) is 8.93. The molecule has 28 heavy (non-hydrogen) atoms. The molecule has 0 bridgehead atoms. The summed E-state index contributed by atoms with van der Waals surface area (Å²) in [5, 5.41) is 3.81. The predicted octanol–water partition coefficient (Wildman–Crippen LogP) is 7.14. The van der Waals surface area contributed by atoms with Crippen LogP contribution in [0.1, 0.15) is 35.6 Å².